The van der Waals surface area contributed by atoms with Crippen LogP contribution in [0.25, 0.3) is 27.9 Å². The Labute approximate surface area is 120 Å². The molecule has 0 aliphatic rings. The summed E-state index contributed by atoms with van der Waals surface area (Å²) < 4.78 is 2.11. The van der Waals surface area contributed by atoms with Gasteiger partial charge in [0.25, 0.3) is 0 Å². The highest BCUT2D eigenvalue weighted by molar-refractivity contribution is 5.84. The third kappa shape index (κ3) is 1.75. The summed E-state index contributed by atoms with van der Waals surface area (Å²) in [6, 6.07) is 9.79. The quantitative estimate of drug-likeness (QED) is 0.592. The van der Waals surface area contributed by atoms with E-state index in [2.05, 4.69) is 14.4 Å². The highest BCUT2D eigenvalue weighted by Crippen LogP contribution is 2.27. The molecule has 0 amide bonds. The van der Waals surface area contributed by atoms with E-state index in [0.29, 0.717) is 0 Å². The molecule has 0 unspecified atom stereocenters. The van der Waals surface area contributed by atoms with E-state index in [9.17, 15) is 0 Å². The Bertz CT molecular complexity index is 934. The number of aryl methyl sites for hydroxylation is 1. The molecule has 3 heterocycles. The molecule has 0 spiro atoms. The van der Waals surface area contributed by atoms with Crippen LogP contribution in [-0.4, -0.2) is 24.5 Å². The third-order valence-electron chi connectivity index (χ3n) is 3.75. The molecule has 3 aromatic heterocycles. The van der Waals surface area contributed by atoms with Gasteiger partial charge in [-0.2, -0.15) is 0 Å². The summed E-state index contributed by atoms with van der Waals surface area (Å²) in [6.07, 6.45) is 3.72. The Kier molecular flexibility index (Phi) is 2.55. The highest BCUT2D eigenvalue weighted by atomic mass is 16.3. The second-order valence-electron chi connectivity index (χ2n) is 5.05. The summed E-state index contributed by atoms with van der Waals surface area (Å²) in [5.74, 6) is 0.929. The van der Waals surface area contributed by atoms with Gasteiger partial charge in [-0.05, 0) is 18.6 Å². The van der Waals surface area contributed by atoms with E-state index >= 15 is 0 Å². The van der Waals surface area contributed by atoms with E-state index in [1.807, 2.05) is 49.6 Å². The lowest BCUT2D eigenvalue weighted by Crippen LogP contribution is -1.91. The van der Waals surface area contributed by atoms with Crippen molar-refractivity contribution in [3.8, 4) is 11.3 Å². The van der Waals surface area contributed by atoms with Gasteiger partial charge in [-0.25, -0.2) is 9.97 Å². The standard InChI is InChI=1S/C16H14N4O/c1-10-19-15(12-4-2-11(9-21)3-5-12)14-8-18-16-13(20(10)14)6-7-17-16/h2-8,17,21H,9H2,1H3. The number of rotatable bonds is 2. The fraction of sp³-hybridized carbons (Fsp3) is 0.125. The number of nitrogens with zero attached hydrogens (tertiary/aromatic N) is 3. The molecule has 0 saturated heterocycles. The van der Waals surface area contributed by atoms with Crippen molar-refractivity contribution in [1.82, 2.24) is 19.4 Å². The van der Waals surface area contributed by atoms with Crippen molar-refractivity contribution < 1.29 is 5.11 Å². The van der Waals surface area contributed by atoms with Gasteiger partial charge in [0, 0.05) is 11.8 Å². The van der Waals surface area contributed by atoms with Gasteiger partial charge in [0.1, 0.15) is 5.82 Å². The largest absolute Gasteiger partial charge is 0.392 e. The minimum absolute atomic E-state index is 0.0504. The summed E-state index contributed by atoms with van der Waals surface area (Å²) >= 11 is 0. The maximum Gasteiger partial charge on any atom is 0.154 e. The highest BCUT2D eigenvalue weighted by Gasteiger charge is 2.13. The second-order valence-corrected chi connectivity index (χ2v) is 5.05. The van der Waals surface area contributed by atoms with Crippen molar-refractivity contribution in [1.29, 1.82) is 0 Å². The van der Waals surface area contributed by atoms with Gasteiger partial charge in [-0.3, -0.25) is 4.40 Å². The van der Waals surface area contributed by atoms with Crippen LogP contribution in [0.5, 0.6) is 0 Å². The van der Waals surface area contributed by atoms with E-state index in [0.717, 1.165) is 39.3 Å². The van der Waals surface area contributed by atoms with Gasteiger partial charge < -0.3 is 10.1 Å². The molecule has 5 heteroatoms. The lowest BCUT2D eigenvalue weighted by atomic mass is 10.1. The first-order valence-corrected chi connectivity index (χ1v) is 6.79. The average molecular weight is 278 g/mol. The van der Waals surface area contributed by atoms with Crippen molar-refractivity contribution in [3.05, 3.63) is 54.1 Å². The Hall–Kier alpha value is -2.66. The molecule has 1 aromatic carbocycles. The number of aliphatic hydroxyl groups excluding tert-OH is 1. The summed E-state index contributed by atoms with van der Waals surface area (Å²) in [4.78, 5) is 12.3. The number of fused-ring (bicyclic) bond motifs is 3. The van der Waals surface area contributed by atoms with Crippen LogP contribution >= 0.6 is 0 Å². The van der Waals surface area contributed by atoms with E-state index in [1.165, 1.54) is 0 Å². The van der Waals surface area contributed by atoms with Crippen molar-refractivity contribution in [2.24, 2.45) is 0 Å². The number of aliphatic hydroxyl groups is 1. The number of aromatic nitrogens is 4. The number of hydrogen-bond acceptors (Lipinski definition) is 3. The maximum absolute atomic E-state index is 9.14. The Morgan fingerprint density at radius 1 is 1.14 bits per heavy atom. The molecule has 0 fully saturated rings. The van der Waals surface area contributed by atoms with Crippen molar-refractivity contribution >= 4 is 16.7 Å². The molecule has 0 atom stereocenters. The Morgan fingerprint density at radius 2 is 1.95 bits per heavy atom. The van der Waals surface area contributed by atoms with Crippen LogP contribution in [0.15, 0.2) is 42.7 Å². The zero-order valence-corrected chi connectivity index (χ0v) is 11.5. The number of hydrogen-bond donors (Lipinski definition) is 2. The first kappa shape index (κ1) is 12.1. The zero-order valence-electron chi connectivity index (χ0n) is 11.5. The lowest BCUT2D eigenvalue weighted by Gasteiger charge is -2.01. The molecular formula is C16H14N4O. The van der Waals surface area contributed by atoms with Crippen LogP contribution in [0.2, 0.25) is 0 Å². The molecule has 21 heavy (non-hydrogen) atoms. The normalized spacial score (nSPS) is 11.5. The molecule has 0 saturated carbocycles. The van der Waals surface area contributed by atoms with Gasteiger partial charge in [0.05, 0.1) is 29.5 Å². The lowest BCUT2D eigenvalue weighted by molar-refractivity contribution is 0.282. The predicted octanol–water partition coefficient (Wildman–Crippen LogP) is 2.68. The Morgan fingerprint density at radius 3 is 2.71 bits per heavy atom. The topological polar surface area (TPSA) is 66.2 Å². The molecule has 2 N–H and O–H groups in total. The van der Waals surface area contributed by atoms with Gasteiger partial charge in [-0.1, -0.05) is 24.3 Å². The van der Waals surface area contributed by atoms with Crippen LogP contribution in [0.1, 0.15) is 11.4 Å². The molecule has 104 valence electrons. The van der Waals surface area contributed by atoms with Crippen LogP contribution in [0.4, 0.5) is 0 Å². The summed E-state index contributed by atoms with van der Waals surface area (Å²) in [5, 5.41) is 9.14. The monoisotopic (exact) mass is 278 g/mol. The van der Waals surface area contributed by atoms with E-state index in [1.54, 1.807) is 0 Å². The number of imidazole rings is 1. The van der Waals surface area contributed by atoms with Gasteiger partial charge >= 0.3 is 0 Å². The maximum atomic E-state index is 9.14. The van der Waals surface area contributed by atoms with Crippen LogP contribution in [-0.2, 0) is 6.61 Å². The number of H-pyrrole nitrogens is 1. The Balaban J connectivity index is 2.00. The molecule has 0 bridgehead atoms. The van der Waals surface area contributed by atoms with Crippen LogP contribution in [0, 0.1) is 6.92 Å². The first-order valence-electron chi connectivity index (χ1n) is 6.79. The number of aromatic amines is 1. The van der Waals surface area contributed by atoms with E-state index in [-0.39, 0.29) is 6.61 Å². The smallest absolute Gasteiger partial charge is 0.154 e. The third-order valence-corrected chi connectivity index (χ3v) is 3.75. The zero-order chi connectivity index (χ0) is 14.4. The van der Waals surface area contributed by atoms with Crippen molar-refractivity contribution in [2.75, 3.05) is 0 Å². The first-order chi connectivity index (χ1) is 10.3. The van der Waals surface area contributed by atoms with Crippen molar-refractivity contribution in [3.63, 3.8) is 0 Å². The molecular weight excluding hydrogens is 264 g/mol. The van der Waals surface area contributed by atoms with Gasteiger partial charge in [-0.15, -0.1) is 0 Å². The minimum Gasteiger partial charge on any atom is -0.392 e. The molecule has 4 rings (SSSR count). The van der Waals surface area contributed by atoms with E-state index in [4.69, 9.17) is 10.1 Å². The second kappa shape index (κ2) is 4.43. The average Bonchev–Trinajstić information content (AvgIpc) is 3.11. The minimum atomic E-state index is 0.0504. The number of benzene rings is 1. The van der Waals surface area contributed by atoms with Gasteiger partial charge in [0.15, 0.2) is 5.65 Å². The fourth-order valence-corrected chi connectivity index (χ4v) is 2.71. The summed E-state index contributed by atoms with van der Waals surface area (Å²) in [6.45, 7) is 2.04. The predicted molar refractivity (Wildman–Crippen MR) is 80.9 cm³/mol. The summed E-state index contributed by atoms with van der Waals surface area (Å²) in [5.41, 5.74) is 5.68. The summed E-state index contributed by atoms with van der Waals surface area (Å²) in [7, 11) is 0. The SMILES string of the molecule is Cc1nc(-c2ccc(CO)cc2)c2cnc3[nH]ccc3n12. The van der Waals surface area contributed by atoms with Crippen LogP contribution in [0.3, 0.4) is 0 Å². The molecule has 5 nitrogen and oxygen atoms in total. The van der Waals surface area contributed by atoms with Crippen molar-refractivity contribution in [2.45, 2.75) is 13.5 Å². The van der Waals surface area contributed by atoms with Crippen LogP contribution < -0.4 is 0 Å². The number of nitrogens with one attached hydrogen (secondary N) is 1. The van der Waals surface area contributed by atoms with E-state index < -0.39 is 0 Å². The molecule has 0 radical (unpaired) electrons. The fourth-order valence-electron chi connectivity index (χ4n) is 2.71. The molecule has 0 aliphatic heterocycles. The molecule has 0 aliphatic carbocycles. The molecule has 4 aromatic rings. The van der Waals surface area contributed by atoms with Gasteiger partial charge in [0.2, 0.25) is 0 Å².